The van der Waals surface area contributed by atoms with Gasteiger partial charge < -0.3 is 19.5 Å². The normalized spacial score (nSPS) is 10.8. The van der Waals surface area contributed by atoms with Gasteiger partial charge in [0.1, 0.15) is 6.61 Å². The van der Waals surface area contributed by atoms with Crippen molar-refractivity contribution in [2.75, 3.05) is 26.9 Å². The minimum absolute atomic E-state index is 0.341. The van der Waals surface area contributed by atoms with E-state index in [9.17, 15) is 0 Å². The van der Waals surface area contributed by atoms with Crippen molar-refractivity contribution in [1.29, 1.82) is 0 Å². The van der Waals surface area contributed by atoms with E-state index >= 15 is 0 Å². The summed E-state index contributed by atoms with van der Waals surface area (Å²) in [7, 11) is 1.64. The van der Waals surface area contributed by atoms with Gasteiger partial charge in [0.25, 0.3) is 0 Å². The van der Waals surface area contributed by atoms with Gasteiger partial charge in [-0.1, -0.05) is 41.4 Å². The highest BCUT2D eigenvalue weighted by Crippen LogP contribution is 2.32. The molecule has 0 bridgehead atoms. The second-order valence-electron chi connectivity index (χ2n) is 5.70. The Morgan fingerprint density at radius 2 is 1.92 bits per heavy atom. The van der Waals surface area contributed by atoms with Crippen LogP contribution in [-0.4, -0.2) is 26.9 Å². The maximum atomic E-state index is 6.23. The molecule has 2 rings (SSSR count). The quantitative estimate of drug-likeness (QED) is 0.535. The maximum Gasteiger partial charge on any atom is 0.166 e. The molecule has 0 unspecified atom stereocenters. The van der Waals surface area contributed by atoms with Gasteiger partial charge in [0.2, 0.25) is 0 Å². The van der Waals surface area contributed by atoms with E-state index in [1.54, 1.807) is 19.2 Å². The van der Waals surface area contributed by atoms with Gasteiger partial charge in [0, 0.05) is 40.9 Å². The zero-order valence-electron chi connectivity index (χ0n) is 15.2. The molecular formula is C20H25Cl2NO3. The molecule has 0 aliphatic carbocycles. The number of methoxy groups -OCH3 is 1. The fourth-order valence-electron chi connectivity index (χ4n) is 2.48. The van der Waals surface area contributed by atoms with E-state index in [4.69, 9.17) is 37.4 Å². The maximum absolute atomic E-state index is 6.23. The first-order valence-corrected chi connectivity index (χ1v) is 9.42. The highest BCUT2D eigenvalue weighted by Gasteiger charge is 2.12. The van der Waals surface area contributed by atoms with Crippen LogP contribution in [0, 0.1) is 0 Å². The van der Waals surface area contributed by atoms with Crippen LogP contribution in [0.15, 0.2) is 36.4 Å². The van der Waals surface area contributed by atoms with Crippen molar-refractivity contribution >= 4 is 23.2 Å². The van der Waals surface area contributed by atoms with Gasteiger partial charge in [-0.15, -0.1) is 0 Å². The molecular weight excluding hydrogens is 373 g/mol. The number of rotatable bonds is 11. The second kappa shape index (κ2) is 11.3. The fourth-order valence-corrected chi connectivity index (χ4v) is 2.94. The van der Waals surface area contributed by atoms with Gasteiger partial charge in [-0.25, -0.2) is 0 Å². The van der Waals surface area contributed by atoms with Crippen molar-refractivity contribution in [3.63, 3.8) is 0 Å². The van der Waals surface area contributed by atoms with E-state index in [0.29, 0.717) is 28.9 Å². The third-order valence-electron chi connectivity index (χ3n) is 3.83. The molecule has 0 heterocycles. The lowest BCUT2D eigenvalue weighted by molar-refractivity contribution is 0.144. The molecule has 2 aromatic carbocycles. The van der Waals surface area contributed by atoms with Crippen LogP contribution in [-0.2, 0) is 17.9 Å². The summed E-state index contributed by atoms with van der Waals surface area (Å²) < 4.78 is 16.8. The average molecular weight is 398 g/mol. The first-order chi connectivity index (χ1) is 12.7. The molecule has 0 amide bonds. The van der Waals surface area contributed by atoms with Crippen LogP contribution in [0.1, 0.15) is 24.5 Å². The Morgan fingerprint density at radius 3 is 2.65 bits per heavy atom. The van der Waals surface area contributed by atoms with E-state index in [-0.39, 0.29) is 0 Å². The van der Waals surface area contributed by atoms with Crippen LogP contribution in [0.3, 0.4) is 0 Å². The van der Waals surface area contributed by atoms with Crippen molar-refractivity contribution in [2.24, 2.45) is 0 Å². The van der Waals surface area contributed by atoms with E-state index in [1.165, 1.54) is 0 Å². The number of para-hydroxylation sites is 1. The molecule has 2 aromatic rings. The van der Waals surface area contributed by atoms with Crippen LogP contribution < -0.4 is 14.8 Å². The van der Waals surface area contributed by atoms with Gasteiger partial charge >= 0.3 is 0 Å². The molecule has 0 saturated heterocycles. The lowest BCUT2D eigenvalue weighted by Gasteiger charge is -2.16. The van der Waals surface area contributed by atoms with Gasteiger partial charge in [-0.3, -0.25) is 0 Å². The summed E-state index contributed by atoms with van der Waals surface area (Å²) in [5, 5.41) is 4.60. The van der Waals surface area contributed by atoms with Crippen molar-refractivity contribution in [2.45, 2.75) is 26.5 Å². The Hall–Kier alpha value is -1.46. The summed E-state index contributed by atoms with van der Waals surface area (Å²) in [5.74, 6) is 1.42. The summed E-state index contributed by atoms with van der Waals surface area (Å²) in [6.07, 6.45) is 0.967. The van der Waals surface area contributed by atoms with Crippen molar-refractivity contribution in [1.82, 2.24) is 5.32 Å². The first kappa shape index (κ1) is 20.8. The molecule has 6 heteroatoms. The second-order valence-corrected chi connectivity index (χ2v) is 6.54. The molecule has 4 nitrogen and oxygen atoms in total. The minimum atomic E-state index is 0.341. The first-order valence-electron chi connectivity index (χ1n) is 8.66. The van der Waals surface area contributed by atoms with E-state index in [1.807, 2.05) is 31.2 Å². The summed E-state index contributed by atoms with van der Waals surface area (Å²) in [4.78, 5) is 0. The lowest BCUT2D eigenvalue weighted by Crippen LogP contribution is -2.17. The molecule has 0 atom stereocenters. The van der Waals surface area contributed by atoms with Crippen LogP contribution in [0.2, 0.25) is 10.0 Å². The summed E-state index contributed by atoms with van der Waals surface area (Å²) in [6.45, 7) is 5.42. The topological polar surface area (TPSA) is 39.7 Å². The van der Waals surface area contributed by atoms with Gasteiger partial charge in [-0.05, 0) is 38.1 Å². The smallest absolute Gasteiger partial charge is 0.166 e. The predicted molar refractivity (Wildman–Crippen MR) is 107 cm³/mol. The van der Waals surface area contributed by atoms with Crippen LogP contribution in [0.4, 0.5) is 0 Å². The van der Waals surface area contributed by atoms with Crippen LogP contribution >= 0.6 is 23.2 Å². The Labute approximate surface area is 165 Å². The average Bonchev–Trinajstić information content (AvgIpc) is 2.64. The third-order valence-corrected chi connectivity index (χ3v) is 4.42. The standard InChI is InChI=1S/C20H25Cl2NO3/c1-3-25-11-5-10-23-13-15-6-4-7-19(24-2)20(15)26-14-16-8-9-17(21)12-18(16)22/h4,6-9,12,23H,3,5,10-11,13-14H2,1-2H3. The zero-order valence-corrected chi connectivity index (χ0v) is 16.7. The molecule has 142 valence electrons. The number of halogens is 2. The highest BCUT2D eigenvalue weighted by molar-refractivity contribution is 6.35. The summed E-state index contributed by atoms with van der Waals surface area (Å²) >= 11 is 12.2. The van der Waals surface area contributed by atoms with E-state index < -0.39 is 0 Å². The molecule has 0 fully saturated rings. The van der Waals surface area contributed by atoms with E-state index in [0.717, 1.165) is 43.1 Å². The lowest BCUT2D eigenvalue weighted by atomic mass is 10.1. The Balaban J connectivity index is 2.01. The molecule has 0 spiro atoms. The third kappa shape index (κ3) is 6.36. The Morgan fingerprint density at radius 1 is 1.08 bits per heavy atom. The Bertz CT molecular complexity index is 695. The largest absolute Gasteiger partial charge is 0.493 e. The monoisotopic (exact) mass is 397 g/mol. The minimum Gasteiger partial charge on any atom is -0.493 e. The SMILES string of the molecule is CCOCCCNCc1cccc(OC)c1OCc1ccc(Cl)cc1Cl. The predicted octanol–water partition coefficient (Wildman–Crippen LogP) is 5.10. The van der Waals surface area contributed by atoms with Crippen molar-refractivity contribution in [3.05, 3.63) is 57.6 Å². The summed E-state index contributed by atoms with van der Waals surface area (Å²) in [5.41, 5.74) is 1.91. The van der Waals surface area contributed by atoms with Crippen molar-refractivity contribution < 1.29 is 14.2 Å². The van der Waals surface area contributed by atoms with Crippen LogP contribution in [0.25, 0.3) is 0 Å². The molecule has 0 aliphatic heterocycles. The fraction of sp³-hybridized carbons (Fsp3) is 0.400. The molecule has 0 radical (unpaired) electrons. The number of ether oxygens (including phenoxy) is 3. The Kier molecular flexibility index (Phi) is 9.06. The molecule has 0 saturated carbocycles. The summed E-state index contributed by atoms with van der Waals surface area (Å²) in [6, 6.07) is 11.2. The molecule has 1 N–H and O–H groups in total. The van der Waals surface area contributed by atoms with E-state index in [2.05, 4.69) is 5.32 Å². The molecule has 0 aromatic heterocycles. The number of hydrogen-bond donors (Lipinski definition) is 1. The number of hydrogen-bond acceptors (Lipinski definition) is 4. The number of nitrogens with one attached hydrogen (secondary N) is 1. The van der Waals surface area contributed by atoms with Gasteiger partial charge in [-0.2, -0.15) is 0 Å². The van der Waals surface area contributed by atoms with Crippen molar-refractivity contribution in [3.8, 4) is 11.5 Å². The van der Waals surface area contributed by atoms with Gasteiger partial charge in [0.05, 0.1) is 7.11 Å². The molecule has 0 aliphatic rings. The zero-order chi connectivity index (χ0) is 18.8. The number of benzene rings is 2. The van der Waals surface area contributed by atoms with Crippen LogP contribution in [0.5, 0.6) is 11.5 Å². The molecule has 26 heavy (non-hydrogen) atoms. The highest BCUT2D eigenvalue weighted by atomic mass is 35.5. The van der Waals surface area contributed by atoms with Gasteiger partial charge in [0.15, 0.2) is 11.5 Å².